The molecule has 1 amide bonds. The number of amides is 1. The average molecular weight is 235 g/mol. The van der Waals surface area contributed by atoms with Gasteiger partial charge in [-0.1, -0.05) is 0 Å². The summed E-state index contributed by atoms with van der Waals surface area (Å²) in [7, 11) is 0. The van der Waals surface area contributed by atoms with Gasteiger partial charge in [0.05, 0.1) is 6.54 Å². The van der Waals surface area contributed by atoms with Gasteiger partial charge in [0.25, 0.3) is 0 Å². The van der Waals surface area contributed by atoms with Crippen LogP contribution in [0.3, 0.4) is 0 Å². The van der Waals surface area contributed by atoms with Crippen molar-refractivity contribution < 1.29 is 23.1 Å². The van der Waals surface area contributed by atoms with Crippen LogP contribution in [0.25, 0.3) is 0 Å². The maximum Gasteiger partial charge on any atom is 0.411 e. The number of hydrogen-bond donors (Lipinski definition) is 0. The van der Waals surface area contributed by atoms with Crippen LogP contribution in [0.1, 0.15) is 27.2 Å². The third-order valence-electron chi connectivity index (χ3n) is 2.14. The lowest BCUT2D eigenvalue weighted by molar-refractivity contribution is -0.134. The van der Waals surface area contributed by atoms with E-state index >= 15 is 0 Å². The van der Waals surface area contributed by atoms with Gasteiger partial charge in [0.1, 0.15) is 17.8 Å². The van der Waals surface area contributed by atoms with Crippen LogP contribution in [-0.4, -0.2) is 41.4 Å². The summed E-state index contributed by atoms with van der Waals surface area (Å²) in [6, 6.07) is -3.05. The standard InChI is InChI=1S/C10H15F2NO3/c1-10(2,3)16-9(15)13-5-6(11)4-7(13)8(12)14/h6-7H,4-5H2,1-3H3/t6-,7-/m0/s1. The number of likely N-dealkylation sites (tertiary alicyclic amines) is 1. The quantitative estimate of drug-likeness (QED) is 0.651. The minimum atomic E-state index is -1.70. The van der Waals surface area contributed by atoms with Crippen molar-refractivity contribution in [2.45, 2.75) is 45.0 Å². The van der Waals surface area contributed by atoms with Gasteiger partial charge in [0.2, 0.25) is 0 Å². The zero-order chi connectivity index (χ0) is 12.5. The highest BCUT2D eigenvalue weighted by molar-refractivity contribution is 5.81. The molecule has 0 aliphatic carbocycles. The van der Waals surface area contributed by atoms with Gasteiger partial charge in [-0.25, -0.2) is 9.18 Å². The highest BCUT2D eigenvalue weighted by Gasteiger charge is 2.41. The highest BCUT2D eigenvalue weighted by Crippen LogP contribution is 2.23. The molecule has 92 valence electrons. The normalized spacial score (nSPS) is 25.7. The molecule has 0 bridgehead atoms. The molecule has 0 saturated carbocycles. The van der Waals surface area contributed by atoms with Gasteiger partial charge in [0.15, 0.2) is 0 Å². The smallest absolute Gasteiger partial charge is 0.411 e. The van der Waals surface area contributed by atoms with Gasteiger partial charge < -0.3 is 4.74 Å². The lowest BCUT2D eigenvalue weighted by Gasteiger charge is -2.26. The molecule has 16 heavy (non-hydrogen) atoms. The summed E-state index contributed by atoms with van der Waals surface area (Å²) in [6.45, 7) is 4.62. The molecule has 0 aromatic heterocycles. The zero-order valence-corrected chi connectivity index (χ0v) is 9.50. The second-order valence-corrected chi connectivity index (χ2v) is 4.79. The van der Waals surface area contributed by atoms with E-state index in [0.717, 1.165) is 4.90 Å². The summed E-state index contributed by atoms with van der Waals surface area (Å²) in [5.41, 5.74) is -0.755. The zero-order valence-electron chi connectivity index (χ0n) is 9.50. The number of carbonyl (C=O) groups is 2. The first kappa shape index (κ1) is 12.9. The van der Waals surface area contributed by atoms with Crippen molar-refractivity contribution >= 4 is 12.1 Å². The van der Waals surface area contributed by atoms with Crippen molar-refractivity contribution in [3.63, 3.8) is 0 Å². The van der Waals surface area contributed by atoms with E-state index in [9.17, 15) is 18.4 Å². The molecule has 1 heterocycles. The van der Waals surface area contributed by atoms with Crippen molar-refractivity contribution in [1.29, 1.82) is 0 Å². The minimum Gasteiger partial charge on any atom is -0.444 e. The molecule has 0 aromatic rings. The SMILES string of the molecule is CC(C)(C)OC(=O)N1C[C@@H](F)C[C@H]1C(=O)F. The summed E-state index contributed by atoms with van der Waals surface area (Å²) in [5, 5.41) is 0. The van der Waals surface area contributed by atoms with Crippen LogP contribution >= 0.6 is 0 Å². The number of nitrogens with zero attached hydrogens (tertiary/aromatic N) is 1. The monoisotopic (exact) mass is 235 g/mol. The highest BCUT2D eigenvalue weighted by atomic mass is 19.1. The molecule has 6 heteroatoms. The van der Waals surface area contributed by atoms with Crippen molar-refractivity contribution in [2.75, 3.05) is 6.54 Å². The van der Waals surface area contributed by atoms with Crippen LogP contribution in [0.4, 0.5) is 13.6 Å². The van der Waals surface area contributed by atoms with E-state index in [1.165, 1.54) is 0 Å². The maximum atomic E-state index is 13.0. The fraction of sp³-hybridized carbons (Fsp3) is 0.800. The number of carbonyl (C=O) groups excluding carboxylic acids is 2. The summed E-state index contributed by atoms with van der Waals surface area (Å²) in [4.78, 5) is 22.9. The third-order valence-corrected chi connectivity index (χ3v) is 2.14. The topological polar surface area (TPSA) is 46.6 Å². The molecule has 0 radical (unpaired) electrons. The summed E-state index contributed by atoms with van der Waals surface area (Å²) >= 11 is 0. The van der Waals surface area contributed by atoms with Crippen molar-refractivity contribution in [3.8, 4) is 0 Å². The third kappa shape index (κ3) is 3.15. The van der Waals surface area contributed by atoms with E-state index in [1.807, 2.05) is 0 Å². The van der Waals surface area contributed by atoms with Gasteiger partial charge in [-0.15, -0.1) is 0 Å². The second kappa shape index (κ2) is 4.35. The first-order chi connectivity index (χ1) is 7.20. The lowest BCUT2D eigenvalue weighted by atomic mass is 10.2. The Balaban J connectivity index is 2.71. The van der Waals surface area contributed by atoms with E-state index in [0.29, 0.717) is 0 Å². The predicted molar refractivity (Wildman–Crippen MR) is 52.4 cm³/mol. The molecule has 1 saturated heterocycles. The number of ether oxygens (including phenoxy) is 1. The largest absolute Gasteiger partial charge is 0.444 e. The Morgan fingerprint density at radius 1 is 1.38 bits per heavy atom. The number of halogens is 2. The van der Waals surface area contributed by atoms with Gasteiger partial charge in [-0.3, -0.25) is 9.69 Å². The van der Waals surface area contributed by atoms with E-state index in [2.05, 4.69) is 0 Å². The molecule has 1 rings (SSSR count). The molecular formula is C10H15F2NO3. The predicted octanol–water partition coefficient (Wildman–Crippen LogP) is 1.83. The van der Waals surface area contributed by atoms with Crippen LogP contribution in [-0.2, 0) is 9.53 Å². The van der Waals surface area contributed by atoms with E-state index < -0.39 is 29.9 Å². The molecule has 1 fully saturated rings. The Bertz CT molecular complexity index is 301. The molecule has 4 nitrogen and oxygen atoms in total. The Labute approximate surface area is 92.5 Å². The van der Waals surface area contributed by atoms with Crippen LogP contribution in [0, 0.1) is 0 Å². The number of hydrogen-bond acceptors (Lipinski definition) is 3. The Kier molecular flexibility index (Phi) is 3.50. The molecule has 2 atom stereocenters. The average Bonchev–Trinajstić information content (AvgIpc) is 2.44. The van der Waals surface area contributed by atoms with Crippen LogP contribution < -0.4 is 0 Å². The van der Waals surface area contributed by atoms with Crippen molar-refractivity contribution in [1.82, 2.24) is 4.90 Å². The minimum absolute atomic E-state index is 0.296. The Hall–Kier alpha value is -1.20. The molecule has 1 aliphatic heterocycles. The maximum absolute atomic E-state index is 13.0. The second-order valence-electron chi connectivity index (χ2n) is 4.79. The van der Waals surface area contributed by atoms with Crippen molar-refractivity contribution in [2.24, 2.45) is 0 Å². The molecule has 0 spiro atoms. The fourth-order valence-electron chi connectivity index (χ4n) is 1.52. The van der Waals surface area contributed by atoms with Crippen molar-refractivity contribution in [3.05, 3.63) is 0 Å². The fourth-order valence-corrected chi connectivity index (χ4v) is 1.52. The summed E-state index contributed by atoms with van der Waals surface area (Å²) < 4.78 is 30.5. The Morgan fingerprint density at radius 3 is 2.38 bits per heavy atom. The lowest BCUT2D eigenvalue weighted by Crippen LogP contribution is -2.42. The molecule has 1 aliphatic rings. The van der Waals surface area contributed by atoms with E-state index in [1.54, 1.807) is 20.8 Å². The van der Waals surface area contributed by atoms with Crippen LogP contribution in [0.2, 0.25) is 0 Å². The van der Waals surface area contributed by atoms with E-state index in [4.69, 9.17) is 4.74 Å². The van der Waals surface area contributed by atoms with E-state index in [-0.39, 0.29) is 13.0 Å². The molecule has 0 N–H and O–H groups in total. The number of rotatable bonds is 1. The summed E-state index contributed by atoms with van der Waals surface area (Å²) in [6.07, 6.45) is -2.53. The molecular weight excluding hydrogens is 220 g/mol. The number of alkyl halides is 1. The summed E-state index contributed by atoms with van der Waals surface area (Å²) in [5.74, 6) is 0. The molecule has 0 aromatic carbocycles. The Morgan fingerprint density at radius 2 is 1.94 bits per heavy atom. The van der Waals surface area contributed by atoms with Gasteiger partial charge >= 0.3 is 12.1 Å². The molecule has 0 unspecified atom stereocenters. The van der Waals surface area contributed by atoms with Crippen LogP contribution in [0.15, 0.2) is 0 Å². The van der Waals surface area contributed by atoms with Gasteiger partial charge in [0, 0.05) is 6.42 Å². The van der Waals surface area contributed by atoms with Gasteiger partial charge in [-0.2, -0.15) is 4.39 Å². The first-order valence-electron chi connectivity index (χ1n) is 5.04. The first-order valence-corrected chi connectivity index (χ1v) is 5.04. The van der Waals surface area contributed by atoms with Gasteiger partial charge in [-0.05, 0) is 20.8 Å². The van der Waals surface area contributed by atoms with Crippen LogP contribution in [0.5, 0.6) is 0 Å².